The highest BCUT2D eigenvalue weighted by atomic mass is 16.7. The number of ether oxygens (including phenoxy) is 2. The normalized spacial score (nSPS) is 32.2. The molecule has 0 bridgehead atoms. The van der Waals surface area contributed by atoms with E-state index in [1.54, 1.807) is 24.2 Å². The Morgan fingerprint density at radius 2 is 2.44 bits per heavy atom. The third-order valence-electron chi connectivity index (χ3n) is 3.14. The van der Waals surface area contributed by atoms with E-state index in [1.807, 2.05) is 6.92 Å². The standard InChI is InChI=1S/C11H18N4O3/c1-8(16)13-9-6-11(2,7-18-10(9)17-3)15-5-4-12-14-15/h4-5,9-10H,6-7H2,1-3H3,(H,13,16)/t9-,10-,11+/m1/s1. The van der Waals surface area contributed by atoms with Gasteiger partial charge in [0, 0.05) is 20.2 Å². The minimum Gasteiger partial charge on any atom is -0.354 e. The Morgan fingerprint density at radius 1 is 1.67 bits per heavy atom. The van der Waals surface area contributed by atoms with Gasteiger partial charge in [-0.25, -0.2) is 4.68 Å². The third-order valence-corrected chi connectivity index (χ3v) is 3.14. The van der Waals surface area contributed by atoms with Crippen LogP contribution in [0.4, 0.5) is 0 Å². The Bertz CT molecular complexity index is 408. The summed E-state index contributed by atoms with van der Waals surface area (Å²) in [5.41, 5.74) is -0.335. The second-order valence-corrected chi connectivity index (χ2v) is 4.77. The van der Waals surface area contributed by atoms with Crippen molar-refractivity contribution >= 4 is 5.91 Å². The number of methoxy groups -OCH3 is 1. The SMILES string of the molecule is CO[C@@H]1OC[C@@](C)(n2ccnn2)C[C@H]1NC(C)=O. The molecule has 1 aliphatic rings. The molecule has 3 atom stereocenters. The fraction of sp³-hybridized carbons (Fsp3) is 0.727. The highest BCUT2D eigenvalue weighted by molar-refractivity contribution is 5.73. The molecule has 1 N–H and O–H groups in total. The van der Waals surface area contributed by atoms with Crippen LogP contribution in [0.2, 0.25) is 0 Å². The van der Waals surface area contributed by atoms with Crippen LogP contribution >= 0.6 is 0 Å². The molecule has 0 radical (unpaired) electrons. The van der Waals surface area contributed by atoms with Gasteiger partial charge < -0.3 is 14.8 Å². The molecule has 7 heteroatoms. The summed E-state index contributed by atoms with van der Waals surface area (Å²) in [4.78, 5) is 11.2. The second-order valence-electron chi connectivity index (χ2n) is 4.77. The molecule has 2 rings (SSSR count). The Balaban J connectivity index is 2.15. The average Bonchev–Trinajstić information content (AvgIpc) is 2.82. The van der Waals surface area contributed by atoms with Crippen molar-refractivity contribution in [3.63, 3.8) is 0 Å². The lowest BCUT2D eigenvalue weighted by Gasteiger charge is -2.41. The molecular formula is C11H18N4O3. The van der Waals surface area contributed by atoms with Crippen LogP contribution in [0, 0.1) is 0 Å². The predicted octanol–water partition coefficient (Wildman–Crippen LogP) is -0.109. The summed E-state index contributed by atoms with van der Waals surface area (Å²) in [5.74, 6) is -0.103. The maximum Gasteiger partial charge on any atom is 0.217 e. The molecule has 1 aromatic heterocycles. The van der Waals surface area contributed by atoms with E-state index in [9.17, 15) is 4.79 Å². The first-order valence-electron chi connectivity index (χ1n) is 5.83. The van der Waals surface area contributed by atoms with Crippen molar-refractivity contribution in [1.82, 2.24) is 20.3 Å². The molecule has 0 spiro atoms. The van der Waals surface area contributed by atoms with Gasteiger partial charge in [-0.05, 0) is 13.3 Å². The molecule has 18 heavy (non-hydrogen) atoms. The van der Waals surface area contributed by atoms with Gasteiger partial charge in [-0.2, -0.15) is 0 Å². The van der Waals surface area contributed by atoms with E-state index < -0.39 is 6.29 Å². The van der Waals surface area contributed by atoms with E-state index in [0.717, 1.165) is 0 Å². The van der Waals surface area contributed by atoms with Gasteiger partial charge in [-0.1, -0.05) is 5.21 Å². The molecular weight excluding hydrogens is 236 g/mol. The van der Waals surface area contributed by atoms with Crippen LogP contribution in [0.5, 0.6) is 0 Å². The van der Waals surface area contributed by atoms with Crippen molar-refractivity contribution < 1.29 is 14.3 Å². The number of hydrogen-bond donors (Lipinski definition) is 1. The van der Waals surface area contributed by atoms with E-state index in [0.29, 0.717) is 13.0 Å². The van der Waals surface area contributed by atoms with Gasteiger partial charge in [0.15, 0.2) is 6.29 Å². The first kappa shape index (κ1) is 13.0. The lowest BCUT2D eigenvalue weighted by atomic mass is 9.91. The van der Waals surface area contributed by atoms with E-state index in [1.165, 1.54) is 6.92 Å². The molecule has 2 heterocycles. The van der Waals surface area contributed by atoms with Crippen molar-refractivity contribution in [2.75, 3.05) is 13.7 Å². The van der Waals surface area contributed by atoms with Gasteiger partial charge in [-0.15, -0.1) is 5.10 Å². The number of carbonyl (C=O) groups excluding carboxylic acids is 1. The number of nitrogens with zero attached hydrogens (tertiary/aromatic N) is 3. The van der Waals surface area contributed by atoms with Crippen molar-refractivity contribution in [2.24, 2.45) is 0 Å². The highest BCUT2D eigenvalue weighted by Gasteiger charge is 2.41. The van der Waals surface area contributed by atoms with Gasteiger partial charge in [0.2, 0.25) is 5.91 Å². The van der Waals surface area contributed by atoms with Crippen LogP contribution in [0.15, 0.2) is 12.4 Å². The summed E-state index contributed by atoms with van der Waals surface area (Å²) in [7, 11) is 1.57. The molecule has 7 nitrogen and oxygen atoms in total. The predicted molar refractivity (Wildman–Crippen MR) is 62.6 cm³/mol. The number of nitrogens with one attached hydrogen (secondary N) is 1. The van der Waals surface area contributed by atoms with Crippen molar-refractivity contribution in [3.05, 3.63) is 12.4 Å². The number of carbonyl (C=O) groups is 1. The molecule has 0 aliphatic carbocycles. The van der Waals surface area contributed by atoms with Crippen molar-refractivity contribution in [3.8, 4) is 0 Å². The Hall–Kier alpha value is -1.47. The molecule has 1 amide bonds. The Kier molecular flexibility index (Phi) is 3.63. The summed E-state index contributed by atoms with van der Waals surface area (Å²) in [6, 6.07) is -0.199. The van der Waals surface area contributed by atoms with Crippen LogP contribution in [-0.2, 0) is 19.8 Å². The van der Waals surface area contributed by atoms with E-state index in [4.69, 9.17) is 9.47 Å². The van der Waals surface area contributed by atoms with E-state index >= 15 is 0 Å². The summed E-state index contributed by atoms with van der Waals surface area (Å²) >= 11 is 0. The van der Waals surface area contributed by atoms with Crippen molar-refractivity contribution in [2.45, 2.75) is 38.1 Å². The maximum atomic E-state index is 11.2. The Morgan fingerprint density at radius 3 is 3.00 bits per heavy atom. The molecule has 1 fully saturated rings. The molecule has 0 unspecified atom stereocenters. The smallest absolute Gasteiger partial charge is 0.217 e. The topological polar surface area (TPSA) is 78.3 Å². The largest absolute Gasteiger partial charge is 0.354 e. The number of amides is 1. The third kappa shape index (κ3) is 2.51. The van der Waals surface area contributed by atoms with Crippen molar-refractivity contribution in [1.29, 1.82) is 0 Å². The van der Waals surface area contributed by atoms with Crippen LogP contribution in [0.25, 0.3) is 0 Å². The van der Waals surface area contributed by atoms with E-state index in [2.05, 4.69) is 15.6 Å². The minimum absolute atomic E-state index is 0.103. The summed E-state index contributed by atoms with van der Waals surface area (Å²) in [6.45, 7) is 3.96. The van der Waals surface area contributed by atoms with Gasteiger partial charge in [0.1, 0.15) is 0 Å². The summed E-state index contributed by atoms with van der Waals surface area (Å²) in [5, 5.41) is 10.7. The molecule has 100 valence electrons. The fourth-order valence-corrected chi connectivity index (χ4v) is 2.27. The first-order chi connectivity index (χ1) is 8.55. The summed E-state index contributed by atoms with van der Waals surface area (Å²) in [6.07, 6.45) is 3.67. The Labute approximate surface area is 105 Å². The maximum absolute atomic E-state index is 11.2. The molecule has 1 saturated heterocycles. The number of rotatable bonds is 3. The van der Waals surface area contributed by atoms with E-state index in [-0.39, 0.29) is 17.5 Å². The molecule has 0 aromatic carbocycles. The van der Waals surface area contributed by atoms with Crippen LogP contribution < -0.4 is 5.32 Å². The quantitative estimate of drug-likeness (QED) is 0.814. The highest BCUT2D eigenvalue weighted by Crippen LogP contribution is 2.29. The van der Waals surface area contributed by atoms with Gasteiger partial charge in [0.05, 0.1) is 24.4 Å². The first-order valence-corrected chi connectivity index (χ1v) is 5.83. The van der Waals surface area contributed by atoms with Crippen LogP contribution in [0.1, 0.15) is 20.3 Å². The lowest BCUT2D eigenvalue weighted by Crippen LogP contribution is -2.56. The zero-order valence-electron chi connectivity index (χ0n) is 10.8. The fourth-order valence-electron chi connectivity index (χ4n) is 2.27. The number of aromatic nitrogens is 3. The lowest BCUT2D eigenvalue weighted by molar-refractivity contribution is -0.193. The van der Waals surface area contributed by atoms with Gasteiger partial charge >= 0.3 is 0 Å². The minimum atomic E-state index is -0.425. The van der Waals surface area contributed by atoms with Gasteiger partial charge in [-0.3, -0.25) is 4.79 Å². The average molecular weight is 254 g/mol. The monoisotopic (exact) mass is 254 g/mol. The molecule has 1 aliphatic heterocycles. The molecule has 1 aromatic rings. The second kappa shape index (κ2) is 5.03. The summed E-state index contributed by atoms with van der Waals surface area (Å²) < 4.78 is 12.6. The van der Waals surface area contributed by atoms with Crippen LogP contribution in [-0.4, -0.2) is 46.9 Å². The zero-order chi connectivity index (χ0) is 13.2. The zero-order valence-corrected chi connectivity index (χ0v) is 10.8. The van der Waals surface area contributed by atoms with Gasteiger partial charge in [0.25, 0.3) is 0 Å². The van der Waals surface area contributed by atoms with Crippen LogP contribution in [0.3, 0.4) is 0 Å². The molecule has 0 saturated carbocycles. The number of hydrogen-bond acceptors (Lipinski definition) is 5.